The first-order chi connectivity index (χ1) is 8.05. The maximum absolute atomic E-state index is 12.4. The predicted molar refractivity (Wildman–Crippen MR) is 69.5 cm³/mol. The van der Waals surface area contributed by atoms with Crippen molar-refractivity contribution in [1.82, 2.24) is 4.90 Å². The van der Waals surface area contributed by atoms with E-state index in [0.717, 1.165) is 44.7 Å². The van der Waals surface area contributed by atoms with Gasteiger partial charge >= 0.3 is 0 Å². The highest BCUT2D eigenvalue weighted by atomic mass is 16.2. The number of carbonyl (C=O) groups excluding carboxylic acids is 1. The van der Waals surface area contributed by atoms with Gasteiger partial charge in [0.15, 0.2) is 0 Å². The van der Waals surface area contributed by atoms with Gasteiger partial charge in [-0.2, -0.15) is 0 Å². The molecule has 1 heterocycles. The van der Waals surface area contributed by atoms with Gasteiger partial charge < -0.3 is 10.6 Å². The number of rotatable bonds is 3. The van der Waals surface area contributed by atoms with Gasteiger partial charge in [-0.1, -0.05) is 13.3 Å². The van der Waals surface area contributed by atoms with Crippen LogP contribution < -0.4 is 5.73 Å². The number of likely N-dealkylation sites (tertiary alicyclic amines) is 1. The van der Waals surface area contributed by atoms with Gasteiger partial charge in [-0.25, -0.2) is 0 Å². The first kappa shape index (κ1) is 12.9. The molecule has 1 aliphatic heterocycles. The molecule has 0 bridgehead atoms. The lowest BCUT2D eigenvalue weighted by Gasteiger charge is -2.31. The minimum absolute atomic E-state index is 0.191. The van der Waals surface area contributed by atoms with Gasteiger partial charge in [0.2, 0.25) is 5.91 Å². The van der Waals surface area contributed by atoms with Crippen molar-refractivity contribution in [3.8, 4) is 0 Å². The molecule has 2 aliphatic rings. The quantitative estimate of drug-likeness (QED) is 0.819. The standard InChI is InChI=1S/C14H26N2O/c1-3-11-5-4-9-16(10-8-11)13(17)14(2,15)12-6-7-12/h11-12H,3-10,15H2,1-2H3. The first-order valence-electron chi connectivity index (χ1n) is 7.14. The summed E-state index contributed by atoms with van der Waals surface area (Å²) in [6.45, 7) is 6.00. The summed E-state index contributed by atoms with van der Waals surface area (Å²) in [4.78, 5) is 14.5. The smallest absolute Gasteiger partial charge is 0.242 e. The molecule has 1 aliphatic carbocycles. The Bertz CT molecular complexity index is 284. The number of amides is 1. The number of hydrogen-bond acceptors (Lipinski definition) is 2. The third-order valence-corrected chi connectivity index (χ3v) is 4.60. The summed E-state index contributed by atoms with van der Waals surface area (Å²) in [5, 5.41) is 0. The summed E-state index contributed by atoms with van der Waals surface area (Å²) in [6, 6.07) is 0. The summed E-state index contributed by atoms with van der Waals surface area (Å²) in [6.07, 6.45) is 7.07. The Labute approximate surface area is 105 Å². The van der Waals surface area contributed by atoms with Crippen LogP contribution in [0.4, 0.5) is 0 Å². The average molecular weight is 238 g/mol. The zero-order valence-corrected chi connectivity index (χ0v) is 11.2. The van der Waals surface area contributed by atoms with E-state index in [1.54, 1.807) is 0 Å². The second kappa shape index (κ2) is 4.97. The van der Waals surface area contributed by atoms with E-state index in [1.807, 2.05) is 11.8 Å². The van der Waals surface area contributed by atoms with Gasteiger partial charge in [0.25, 0.3) is 0 Å². The van der Waals surface area contributed by atoms with Crippen molar-refractivity contribution in [2.75, 3.05) is 13.1 Å². The van der Waals surface area contributed by atoms with E-state index in [-0.39, 0.29) is 5.91 Å². The predicted octanol–water partition coefficient (Wildman–Crippen LogP) is 2.15. The summed E-state index contributed by atoms with van der Waals surface area (Å²) >= 11 is 0. The van der Waals surface area contributed by atoms with Crippen LogP contribution in [-0.4, -0.2) is 29.4 Å². The lowest BCUT2D eigenvalue weighted by atomic mass is 9.95. The molecule has 17 heavy (non-hydrogen) atoms. The highest BCUT2D eigenvalue weighted by Gasteiger charge is 2.45. The topological polar surface area (TPSA) is 46.3 Å². The number of nitrogens with zero attached hydrogens (tertiary/aromatic N) is 1. The van der Waals surface area contributed by atoms with Crippen molar-refractivity contribution in [2.45, 2.75) is 57.9 Å². The molecule has 2 unspecified atom stereocenters. The van der Waals surface area contributed by atoms with Crippen LogP contribution in [0.5, 0.6) is 0 Å². The lowest BCUT2D eigenvalue weighted by Crippen LogP contribution is -2.55. The van der Waals surface area contributed by atoms with E-state index in [2.05, 4.69) is 6.92 Å². The highest BCUT2D eigenvalue weighted by Crippen LogP contribution is 2.39. The van der Waals surface area contributed by atoms with Crippen molar-refractivity contribution < 1.29 is 4.79 Å². The lowest BCUT2D eigenvalue weighted by molar-refractivity contribution is -0.137. The Kier molecular flexibility index (Phi) is 3.76. The molecule has 2 fully saturated rings. The van der Waals surface area contributed by atoms with E-state index in [1.165, 1.54) is 12.8 Å². The first-order valence-corrected chi connectivity index (χ1v) is 7.14. The number of carbonyl (C=O) groups is 1. The van der Waals surface area contributed by atoms with Crippen LogP contribution in [0.2, 0.25) is 0 Å². The molecule has 0 aromatic carbocycles. The molecule has 2 atom stereocenters. The second-order valence-electron chi connectivity index (χ2n) is 6.05. The minimum atomic E-state index is -0.605. The molecule has 3 nitrogen and oxygen atoms in total. The van der Waals surface area contributed by atoms with Crippen molar-refractivity contribution in [3.63, 3.8) is 0 Å². The van der Waals surface area contributed by atoms with Crippen molar-refractivity contribution >= 4 is 5.91 Å². The molecule has 1 amide bonds. The monoisotopic (exact) mass is 238 g/mol. The summed E-state index contributed by atoms with van der Waals surface area (Å²) in [7, 11) is 0. The van der Waals surface area contributed by atoms with Gasteiger partial charge in [0.05, 0.1) is 5.54 Å². The number of hydrogen-bond donors (Lipinski definition) is 1. The maximum atomic E-state index is 12.4. The van der Waals surface area contributed by atoms with E-state index in [0.29, 0.717) is 5.92 Å². The Hall–Kier alpha value is -0.570. The fraction of sp³-hybridized carbons (Fsp3) is 0.929. The normalized spacial score (nSPS) is 29.6. The SMILES string of the molecule is CCC1CCCN(C(=O)C(C)(N)C2CC2)CC1. The largest absolute Gasteiger partial charge is 0.341 e. The molecule has 0 radical (unpaired) electrons. The number of nitrogens with two attached hydrogens (primary N) is 1. The second-order valence-corrected chi connectivity index (χ2v) is 6.05. The van der Waals surface area contributed by atoms with Gasteiger partial charge in [-0.3, -0.25) is 4.79 Å². The average Bonchev–Trinajstić information content (AvgIpc) is 3.14. The summed E-state index contributed by atoms with van der Waals surface area (Å²) in [5.74, 6) is 1.43. The molecule has 0 aromatic heterocycles. The van der Waals surface area contributed by atoms with Gasteiger partial charge in [-0.15, -0.1) is 0 Å². The maximum Gasteiger partial charge on any atom is 0.242 e. The molecule has 1 saturated heterocycles. The molecule has 1 saturated carbocycles. The fourth-order valence-electron chi connectivity index (χ4n) is 2.98. The molecule has 2 rings (SSSR count). The zero-order chi connectivity index (χ0) is 12.5. The van der Waals surface area contributed by atoms with Gasteiger partial charge in [-0.05, 0) is 50.9 Å². The fourth-order valence-corrected chi connectivity index (χ4v) is 2.98. The molecule has 3 heteroatoms. The Balaban J connectivity index is 1.95. The molecule has 98 valence electrons. The van der Waals surface area contributed by atoms with Crippen LogP contribution in [0, 0.1) is 11.8 Å². The van der Waals surface area contributed by atoms with Crippen LogP contribution in [-0.2, 0) is 4.79 Å². The van der Waals surface area contributed by atoms with Gasteiger partial charge in [0, 0.05) is 13.1 Å². The van der Waals surface area contributed by atoms with Crippen molar-refractivity contribution in [1.29, 1.82) is 0 Å². The van der Waals surface area contributed by atoms with Crippen LogP contribution in [0.1, 0.15) is 52.4 Å². The van der Waals surface area contributed by atoms with Crippen LogP contribution in [0.3, 0.4) is 0 Å². The van der Waals surface area contributed by atoms with Crippen molar-refractivity contribution in [3.05, 3.63) is 0 Å². The van der Waals surface area contributed by atoms with E-state index >= 15 is 0 Å². The molecule has 2 N–H and O–H groups in total. The zero-order valence-electron chi connectivity index (χ0n) is 11.2. The summed E-state index contributed by atoms with van der Waals surface area (Å²) in [5.41, 5.74) is 5.62. The molecule has 0 aromatic rings. The van der Waals surface area contributed by atoms with E-state index in [4.69, 9.17) is 5.73 Å². The van der Waals surface area contributed by atoms with E-state index < -0.39 is 5.54 Å². The third-order valence-electron chi connectivity index (χ3n) is 4.60. The summed E-state index contributed by atoms with van der Waals surface area (Å²) < 4.78 is 0. The van der Waals surface area contributed by atoms with Crippen molar-refractivity contribution in [2.24, 2.45) is 17.6 Å². The van der Waals surface area contributed by atoms with Crippen LogP contribution in [0.15, 0.2) is 0 Å². The highest BCUT2D eigenvalue weighted by molar-refractivity contribution is 5.86. The third kappa shape index (κ3) is 2.82. The Morgan fingerprint density at radius 1 is 1.29 bits per heavy atom. The molecular weight excluding hydrogens is 212 g/mol. The Morgan fingerprint density at radius 3 is 2.59 bits per heavy atom. The Morgan fingerprint density at radius 2 is 2.00 bits per heavy atom. The molecule has 0 spiro atoms. The minimum Gasteiger partial charge on any atom is -0.341 e. The van der Waals surface area contributed by atoms with Crippen LogP contribution in [0.25, 0.3) is 0 Å². The van der Waals surface area contributed by atoms with Crippen LogP contribution >= 0.6 is 0 Å². The molecular formula is C14H26N2O. The van der Waals surface area contributed by atoms with E-state index in [9.17, 15) is 4.79 Å². The van der Waals surface area contributed by atoms with Gasteiger partial charge in [0.1, 0.15) is 0 Å².